The second kappa shape index (κ2) is 7.92. The van der Waals surface area contributed by atoms with Crippen molar-refractivity contribution in [2.24, 2.45) is 0 Å². The van der Waals surface area contributed by atoms with E-state index in [0.29, 0.717) is 17.0 Å². The van der Waals surface area contributed by atoms with Gasteiger partial charge in [0.05, 0.1) is 19.4 Å². The predicted octanol–water partition coefficient (Wildman–Crippen LogP) is -0.286. The minimum Gasteiger partial charge on any atom is -0.487 e. The van der Waals surface area contributed by atoms with Crippen molar-refractivity contribution < 1.29 is 29.6 Å². The van der Waals surface area contributed by atoms with Crippen LogP contribution in [0.5, 0.6) is 5.75 Å². The van der Waals surface area contributed by atoms with Crippen molar-refractivity contribution in [3.63, 3.8) is 0 Å². The molecule has 2 aromatic rings. The van der Waals surface area contributed by atoms with Gasteiger partial charge in [0.15, 0.2) is 5.78 Å². The lowest BCUT2D eigenvalue weighted by atomic mass is 9.98. The smallest absolute Gasteiger partial charge is 0.159 e. The van der Waals surface area contributed by atoms with Gasteiger partial charge < -0.3 is 24.8 Å². The molecule has 0 unspecified atom stereocenters. The van der Waals surface area contributed by atoms with E-state index in [2.05, 4.69) is 10.3 Å². The lowest BCUT2D eigenvalue weighted by Crippen LogP contribution is -2.52. The number of carbonyl (C=O) groups excluding carboxylic acids is 1. The maximum Gasteiger partial charge on any atom is 0.159 e. The van der Waals surface area contributed by atoms with Crippen molar-refractivity contribution in [2.75, 3.05) is 13.2 Å². The third kappa shape index (κ3) is 3.91. The number of aromatic nitrogens is 3. The molecule has 0 spiro atoms. The van der Waals surface area contributed by atoms with E-state index in [1.54, 1.807) is 30.5 Å². The normalized spacial score (nSPS) is 25.8. The fourth-order valence-corrected chi connectivity index (χ4v) is 2.76. The molecule has 0 radical (unpaired) electrons. The molecule has 0 saturated carbocycles. The van der Waals surface area contributed by atoms with E-state index in [1.807, 2.05) is 0 Å². The van der Waals surface area contributed by atoms with Crippen LogP contribution in [0.15, 0.2) is 30.5 Å². The van der Waals surface area contributed by atoms with Crippen LogP contribution in [0, 0.1) is 0 Å². The molecular weight excluding hydrogens is 342 g/mol. The maximum atomic E-state index is 11.4. The van der Waals surface area contributed by atoms with E-state index in [-0.39, 0.29) is 25.6 Å². The van der Waals surface area contributed by atoms with Gasteiger partial charge in [-0.05, 0) is 19.1 Å². The largest absolute Gasteiger partial charge is 0.487 e. The fourth-order valence-electron chi connectivity index (χ4n) is 2.76. The Labute approximate surface area is 149 Å². The van der Waals surface area contributed by atoms with E-state index in [9.17, 15) is 15.0 Å². The van der Waals surface area contributed by atoms with Crippen molar-refractivity contribution in [1.29, 1.82) is 0 Å². The first-order valence-corrected chi connectivity index (χ1v) is 8.22. The average Bonchev–Trinajstić information content (AvgIpc) is 3.11. The van der Waals surface area contributed by atoms with Gasteiger partial charge in [-0.25, -0.2) is 4.68 Å². The SMILES string of the molecule is CC(=O)c1cccc(OCc2cn([C@H]3CO[C@H](CO)[C@H](O)[C@@H]3O)nn2)c1. The van der Waals surface area contributed by atoms with Crippen LogP contribution >= 0.6 is 0 Å². The number of hydrogen-bond acceptors (Lipinski definition) is 8. The number of nitrogens with zero attached hydrogens (tertiary/aromatic N) is 3. The second-order valence-corrected chi connectivity index (χ2v) is 6.17. The number of aliphatic hydroxyl groups excluding tert-OH is 3. The summed E-state index contributed by atoms with van der Waals surface area (Å²) in [6.45, 7) is 1.33. The highest BCUT2D eigenvalue weighted by Crippen LogP contribution is 2.24. The number of rotatable bonds is 6. The summed E-state index contributed by atoms with van der Waals surface area (Å²) in [4.78, 5) is 11.4. The lowest BCUT2D eigenvalue weighted by Gasteiger charge is -2.36. The van der Waals surface area contributed by atoms with Gasteiger partial charge in [0, 0.05) is 5.56 Å². The molecule has 1 aromatic carbocycles. The summed E-state index contributed by atoms with van der Waals surface area (Å²) in [5.41, 5.74) is 1.07. The van der Waals surface area contributed by atoms with Crippen LogP contribution in [-0.2, 0) is 11.3 Å². The van der Waals surface area contributed by atoms with E-state index in [0.717, 1.165) is 0 Å². The predicted molar refractivity (Wildman–Crippen MR) is 88.7 cm³/mol. The van der Waals surface area contributed by atoms with Crippen LogP contribution < -0.4 is 4.74 Å². The third-order valence-corrected chi connectivity index (χ3v) is 4.31. The minimum absolute atomic E-state index is 0.0487. The highest BCUT2D eigenvalue weighted by molar-refractivity contribution is 5.94. The molecule has 1 aliphatic heterocycles. The highest BCUT2D eigenvalue weighted by Gasteiger charge is 2.39. The molecule has 1 aliphatic rings. The van der Waals surface area contributed by atoms with Gasteiger partial charge >= 0.3 is 0 Å². The number of ketones is 1. The molecule has 2 heterocycles. The number of hydrogen-bond donors (Lipinski definition) is 3. The molecule has 26 heavy (non-hydrogen) atoms. The van der Waals surface area contributed by atoms with Gasteiger partial charge in [0.2, 0.25) is 0 Å². The summed E-state index contributed by atoms with van der Waals surface area (Å²) in [7, 11) is 0. The zero-order chi connectivity index (χ0) is 18.7. The first kappa shape index (κ1) is 18.5. The van der Waals surface area contributed by atoms with Crippen LogP contribution in [0.25, 0.3) is 0 Å². The van der Waals surface area contributed by atoms with E-state index >= 15 is 0 Å². The molecule has 1 fully saturated rings. The topological polar surface area (TPSA) is 127 Å². The zero-order valence-electron chi connectivity index (χ0n) is 14.2. The quantitative estimate of drug-likeness (QED) is 0.598. The van der Waals surface area contributed by atoms with Gasteiger partial charge in [-0.2, -0.15) is 0 Å². The summed E-state index contributed by atoms with van der Waals surface area (Å²) >= 11 is 0. The Balaban J connectivity index is 1.63. The Hall–Kier alpha value is -2.33. The number of aliphatic hydroxyl groups is 3. The Bertz CT molecular complexity index is 764. The molecule has 0 bridgehead atoms. The molecule has 9 heteroatoms. The van der Waals surface area contributed by atoms with Crippen molar-refractivity contribution in [1.82, 2.24) is 15.0 Å². The molecule has 3 N–H and O–H groups in total. The first-order chi connectivity index (χ1) is 12.5. The van der Waals surface area contributed by atoms with Gasteiger partial charge in [0.1, 0.15) is 42.4 Å². The van der Waals surface area contributed by atoms with Crippen LogP contribution in [0.4, 0.5) is 0 Å². The van der Waals surface area contributed by atoms with Crippen molar-refractivity contribution in [3.05, 3.63) is 41.7 Å². The fraction of sp³-hybridized carbons (Fsp3) is 0.471. The summed E-state index contributed by atoms with van der Waals surface area (Å²) in [6.07, 6.45) is -1.57. The Morgan fingerprint density at radius 3 is 2.92 bits per heavy atom. The summed E-state index contributed by atoms with van der Waals surface area (Å²) in [5, 5.41) is 37.2. The number of benzene rings is 1. The maximum absolute atomic E-state index is 11.4. The highest BCUT2D eigenvalue weighted by atomic mass is 16.5. The molecule has 4 atom stereocenters. The number of ether oxygens (including phenoxy) is 2. The Morgan fingerprint density at radius 2 is 2.19 bits per heavy atom. The molecule has 0 amide bonds. The lowest BCUT2D eigenvalue weighted by molar-refractivity contribution is -0.171. The van der Waals surface area contributed by atoms with Crippen LogP contribution in [0.3, 0.4) is 0 Å². The summed E-state index contributed by atoms with van der Waals surface area (Å²) < 4.78 is 12.4. The van der Waals surface area contributed by atoms with Crippen molar-refractivity contribution >= 4 is 5.78 Å². The van der Waals surface area contributed by atoms with Crippen molar-refractivity contribution in [2.45, 2.75) is 37.9 Å². The van der Waals surface area contributed by atoms with Crippen LogP contribution in [-0.4, -0.2) is 67.6 Å². The van der Waals surface area contributed by atoms with Crippen LogP contribution in [0.2, 0.25) is 0 Å². The van der Waals surface area contributed by atoms with Gasteiger partial charge in [-0.1, -0.05) is 17.3 Å². The van der Waals surface area contributed by atoms with Gasteiger partial charge in [-0.3, -0.25) is 4.79 Å². The van der Waals surface area contributed by atoms with Gasteiger partial charge in [0.25, 0.3) is 0 Å². The number of carbonyl (C=O) groups is 1. The average molecular weight is 363 g/mol. The number of Topliss-reactive ketones (excluding diaryl/α,β-unsaturated/α-hetero) is 1. The molecular formula is C17H21N3O6. The van der Waals surface area contributed by atoms with E-state index in [4.69, 9.17) is 14.6 Å². The molecule has 0 aliphatic carbocycles. The molecule has 1 aromatic heterocycles. The summed E-state index contributed by atoms with van der Waals surface area (Å²) in [6, 6.07) is 6.21. The second-order valence-electron chi connectivity index (χ2n) is 6.17. The molecule has 140 valence electrons. The van der Waals surface area contributed by atoms with Crippen LogP contribution in [0.1, 0.15) is 29.0 Å². The third-order valence-electron chi connectivity index (χ3n) is 4.31. The molecule has 1 saturated heterocycles. The van der Waals surface area contributed by atoms with E-state index in [1.165, 1.54) is 11.6 Å². The van der Waals surface area contributed by atoms with Crippen molar-refractivity contribution in [3.8, 4) is 5.75 Å². The Kier molecular flexibility index (Phi) is 5.62. The summed E-state index contributed by atoms with van der Waals surface area (Å²) in [5.74, 6) is 0.488. The molecule has 3 rings (SSSR count). The molecule has 9 nitrogen and oxygen atoms in total. The Morgan fingerprint density at radius 1 is 1.38 bits per heavy atom. The first-order valence-electron chi connectivity index (χ1n) is 8.22. The zero-order valence-corrected chi connectivity index (χ0v) is 14.2. The monoisotopic (exact) mass is 363 g/mol. The van der Waals surface area contributed by atoms with Gasteiger partial charge in [-0.15, -0.1) is 5.10 Å². The van der Waals surface area contributed by atoms with E-state index < -0.39 is 24.4 Å². The minimum atomic E-state index is -1.21. The standard InChI is InChI=1S/C17H21N3O6/c1-10(22)11-3-2-4-13(5-11)25-8-12-6-20(19-18-12)14-9-26-15(7-21)17(24)16(14)23/h2-6,14-17,21,23-24H,7-9H2,1H3/t14-,15+,16+,17-/m0/s1.